The summed E-state index contributed by atoms with van der Waals surface area (Å²) in [6.45, 7) is 4.85. The molecule has 1 spiro atoms. The van der Waals surface area contributed by atoms with Gasteiger partial charge in [-0.15, -0.1) is 0 Å². The maximum absolute atomic E-state index is 13.3. The Kier molecular flexibility index (Phi) is 4.94. The van der Waals surface area contributed by atoms with E-state index in [0.717, 1.165) is 44.6 Å². The number of carboxylic acid groups (broad SMARTS) is 1. The number of amides is 1. The third kappa shape index (κ3) is 3.46. The number of carbonyl (C=O) groups is 2. The van der Waals surface area contributed by atoms with Gasteiger partial charge in [0.25, 0.3) is 11.5 Å². The number of aromatic nitrogens is 1. The van der Waals surface area contributed by atoms with Crippen LogP contribution in [0.2, 0.25) is 0 Å². The molecule has 1 aromatic rings. The van der Waals surface area contributed by atoms with Crippen LogP contribution in [0.1, 0.15) is 47.7 Å². The molecule has 2 atom stereocenters. The van der Waals surface area contributed by atoms with E-state index in [4.69, 9.17) is 9.84 Å². The van der Waals surface area contributed by atoms with Crippen LogP contribution in [0.3, 0.4) is 0 Å². The van der Waals surface area contributed by atoms with Gasteiger partial charge in [-0.25, -0.2) is 0 Å². The van der Waals surface area contributed by atoms with Gasteiger partial charge in [-0.3, -0.25) is 19.3 Å². The molecule has 0 unspecified atom stereocenters. The zero-order valence-electron chi connectivity index (χ0n) is 17.2. The van der Waals surface area contributed by atoms with Crippen LogP contribution in [0.5, 0.6) is 0 Å². The highest BCUT2D eigenvalue weighted by Gasteiger charge is 2.42. The molecule has 4 aliphatic rings. The number of hydrogen-bond donors (Lipinski definition) is 1. The van der Waals surface area contributed by atoms with Crippen molar-refractivity contribution in [2.24, 2.45) is 11.3 Å². The van der Waals surface area contributed by atoms with Crippen molar-refractivity contribution in [3.63, 3.8) is 0 Å². The number of aliphatic carboxylic acids is 1. The number of carboxylic acids is 1. The molecule has 0 radical (unpaired) electrons. The van der Waals surface area contributed by atoms with Crippen LogP contribution in [-0.2, 0) is 16.1 Å². The SMILES string of the molecule is O=C(O)CN1C[C@@H]2C[C@H](C1)c1ccc(C(=O)N3CCC4(CCOCC4)C3)c(=O)n1C2. The molecule has 0 aromatic carbocycles. The summed E-state index contributed by atoms with van der Waals surface area (Å²) in [6.07, 6.45) is 3.92. The number of likely N-dealkylation sites (tertiary alicyclic amines) is 2. The van der Waals surface area contributed by atoms with Gasteiger partial charge in [0.2, 0.25) is 0 Å². The average molecular weight is 415 g/mol. The summed E-state index contributed by atoms with van der Waals surface area (Å²) < 4.78 is 7.27. The number of fused-ring (bicyclic) bond motifs is 4. The monoisotopic (exact) mass is 415 g/mol. The van der Waals surface area contributed by atoms with Crippen LogP contribution in [0.4, 0.5) is 0 Å². The second-order valence-corrected chi connectivity index (χ2v) is 9.56. The summed E-state index contributed by atoms with van der Waals surface area (Å²) >= 11 is 0. The summed E-state index contributed by atoms with van der Waals surface area (Å²) in [6, 6.07) is 3.61. The topological polar surface area (TPSA) is 92.1 Å². The van der Waals surface area contributed by atoms with Crippen LogP contribution in [0.15, 0.2) is 16.9 Å². The first-order valence-corrected chi connectivity index (χ1v) is 11.0. The van der Waals surface area contributed by atoms with Gasteiger partial charge in [-0.05, 0) is 49.1 Å². The highest BCUT2D eigenvalue weighted by Crippen LogP contribution is 2.40. The van der Waals surface area contributed by atoms with Crippen molar-refractivity contribution in [3.8, 4) is 0 Å². The number of nitrogens with zero attached hydrogens (tertiary/aromatic N) is 3. The van der Waals surface area contributed by atoms with Crippen molar-refractivity contribution in [2.45, 2.75) is 38.1 Å². The number of rotatable bonds is 3. The third-order valence-electron chi connectivity index (χ3n) is 7.55. The molecular formula is C22H29N3O5. The fraction of sp³-hybridized carbons (Fsp3) is 0.682. The molecule has 8 nitrogen and oxygen atoms in total. The van der Waals surface area contributed by atoms with Crippen molar-refractivity contribution < 1.29 is 19.4 Å². The lowest BCUT2D eigenvalue weighted by atomic mass is 9.80. The minimum atomic E-state index is -0.818. The van der Waals surface area contributed by atoms with E-state index in [-0.39, 0.29) is 40.8 Å². The largest absolute Gasteiger partial charge is 0.480 e. The maximum Gasteiger partial charge on any atom is 0.317 e. The molecule has 8 heteroatoms. The van der Waals surface area contributed by atoms with E-state index in [0.29, 0.717) is 32.7 Å². The fourth-order valence-electron chi connectivity index (χ4n) is 6.02. The molecule has 1 N–H and O–H groups in total. The highest BCUT2D eigenvalue weighted by atomic mass is 16.5. The fourth-order valence-corrected chi connectivity index (χ4v) is 6.02. The number of carbonyl (C=O) groups excluding carboxylic acids is 1. The van der Waals surface area contributed by atoms with Crippen molar-refractivity contribution in [1.82, 2.24) is 14.4 Å². The number of pyridine rings is 1. The third-order valence-corrected chi connectivity index (χ3v) is 7.55. The second-order valence-electron chi connectivity index (χ2n) is 9.56. The summed E-state index contributed by atoms with van der Waals surface area (Å²) in [5.41, 5.74) is 1.17. The highest BCUT2D eigenvalue weighted by molar-refractivity contribution is 5.94. The van der Waals surface area contributed by atoms with Crippen LogP contribution in [0, 0.1) is 11.3 Å². The van der Waals surface area contributed by atoms with Crippen molar-refractivity contribution in [1.29, 1.82) is 0 Å². The first kappa shape index (κ1) is 19.8. The molecule has 4 aliphatic heterocycles. The van der Waals surface area contributed by atoms with Gasteiger partial charge in [0.05, 0.1) is 6.54 Å². The van der Waals surface area contributed by atoms with E-state index < -0.39 is 5.97 Å². The smallest absolute Gasteiger partial charge is 0.317 e. The van der Waals surface area contributed by atoms with E-state index in [1.165, 1.54) is 0 Å². The molecular weight excluding hydrogens is 386 g/mol. The molecule has 1 amide bonds. The zero-order valence-corrected chi connectivity index (χ0v) is 17.2. The first-order valence-electron chi connectivity index (χ1n) is 11.0. The molecule has 3 fully saturated rings. The maximum atomic E-state index is 13.3. The standard InChI is InChI=1S/C22H29N3O5/c26-19(27)13-23-10-15-9-16(12-23)18-2-1-17(21(29)25(18)11-15)20(28)24-6-3-22(14-24)4-7-30-8-5-22/h1-2,15-16H,3-14H2,(H,26,27)/t15-,16+/m0/s1. The molecule has 30 heavy (non-hydrogen) atoms. The Bertz CT molecular complexity index is 920. The molecule has 0 saturated carbocycles. The molecule has 162 valence electrons. The Labute approximate surface area is 175 Å². The Balaban J connectivity index is 1.37. The Morgan fingerprint density at radius 1 is 1.13 bits per heavy atom. The number of hydrogen-bond acceptors (Lipinski definition) is 5. The molecule has 5 rings (SSSR count). The Morgan fingerprint density at radius 3 is 2.70 bits per heavy atom. The lowest BCUT2D eigenvalue weighted by molar-refractivity contribution is -0.139. The predicted molar refractivity (Wildman–Crippen MR) is 109 cm³/mol. The molecule has 0 aliphatic carbocycles. The predicted octanol–water partition coefficient (Wildman–Crippen LogP) is 0.995. The summed E-state index contributed by atoms with van der Waals surface area (Å²) in [5, 5.41) is 9.12. The van der Waals surface area contributed by atoms with Crippen molar-refractivity contribution in [2.75, 3.05) is 45.9 Å². The van der Waals surface area contributed by atoms with E-state index in [1.807, 2.05) is 15.9 Å². The normalized spacial score (nSPS) is 27.8. The summed E-state index contributed by atoms with van der Waals surface area (Å²) in [7, 11) is 0. The van der Waals surface area contributed by atoms with E-state index in [9.17, 15) is 14.4 Å². The number of piperidine rings is 1. The Morgan fingerprint density at radius 2 is 1.93 bits per heavy atom. The second kappa shape index (κ2) is 7.50. The van der Waals surface area contributed by atoms with Crippen LogP contribution in [0.25, 0.3) is 0 Å². The molecule has 2 bridgehead atoms. The van der Waals surface area contributed by atoms with Crippen LogP contribution >= 0.6 is 0 Å². The van der Waals surface area contributed by atoms with Gasteiger partial charge < -0.3 is 19.3 Å². The van der Waals surface area contributed by atoms with E-state index in [2.05, 4.69) is 0 Å². The lowest BCUT2D eigenvalue weighted by Gasteiger charge is -2.42. The van der Waals surface area contributed by atoms with E-state index in [1.54, 1.807) is 10.6 Å². The number of ether oxygens (including phenoxy) is 1. The van der Waals surface area contributed by atoms with Gasteiger partial charge in [0, 0.05) is 57.5 Å². The molecule has 1 aromatic heterocycles. The Hall–Kier alpha value is -2.19. The summed E-state index contributed by atoms with van der Waals surface area (Å²) in [4.78, 5) is 41.4. The first-order chi connectivity index (χ1) is 14.4. The van der Waals surface area contributed by atoms with Gasteiger partial charge in [0.1, 0.15) is 5.56 Å². The zero-order chi connectivity index (χ0) is 20.9. The van der Waals surface area contributed by atoms with E-state index >= 15 is 0 Å². The average Bonchev–Trinajstić information content (AvgIpc) is 3.11. The molecule has 5 heterocycles. The quantitative estimate of drug-likeness (QED) is 0.792. The van der Waals surface area contributed by atoms with Gasteiger partial charge in [0.15, 0.2) is 0 Å². The van der Waals surface area contributed by atoms with Gasteiger partial charge in [-0.1, -0.05) is 0 Å². The van der Waals surface area contributed by atoms with Crippen LogP contribution < -0.4 is 5.56 Å². The lowest BCUT2D eigenvalue weighted by Crippen LogP contribution is -2.49. The van der Waals surface area contributed by atoms with Crippen molar-refractivity contribution in [3.05, 3.63) is 33.7 Å². The van der Waals surface area contributed by atoms with Crippen LogP contribution in [-0.4, -0.2) is 77.3 Å². The van der Waals surface area contributed by atoms with Gasteiger partial charge >= 0.3 is 5.97 Å². The van der Waals surface area contributed by atoms with Crippen molar-refractivity contribution >= 4 is 11.9 Å². The molecule has 3 saturated heterocycles. The minimum Gasteiger partial charge on any atom is -0.480 e. The van der Waals surface area contributed by atoms with Gasteiger partial charge in [-0.2, -0.15) is 0 Å². The minimum absolute atomic E-state index is 0.0373. The summed E-state index contributed by atoms with van der Waals surface area (Å²) in [5.74, 6) is -0.579.